The molecule has 0 radical (unpaired) electrons. The Hall–Kier alpha value is -2.43. The number of aromatic hydroxyl groups is 1. The lowest BCUT2D eigenvalue weighted by molar-refractivity contribution is 0.0745. The summed E-state index contributed by atoms with van der Waals surface area (Å²) in [5, 5.41) is 9.89. The first-order chi connectivity index (χ1) is 10.2. The van der Waals surface area contributed by atoms with Crippen LogP contribution in [0.1, 0.15) is 16.1 Å². The molecule has 2 aromatic rings. The molecule has 1 amide bonds. The van der Waals surface area contributed by atoms with E-state index in [-0.39, 0.29) is 11.7 Å². The Balaban J connectivity index is 1.67. The summed E-state index contributed by atoms with van der Waals surface area (Å²) in [5.74, 6) is 0.948. The van der Waals surface area contributed by atoms with E-state index in [9.17, 15) is 9.90 Å². The number of hydrogen-bond donors (Lipinski definition) is 1. The molecule has 2 heterocycles. The second-order valence-corrected chi connectivity index (χ2v) is 5.16. The topological polar surface area (TPSA) is 56.9 Å². The van der Waals surface area contributed by atoms with E-state index in [1.54, 1.807) is 31.4 Å². The molecular formula is C16H18N2O3. The second kappa shape index (κ2) is 5.52. The third-order valence-corrected chi connectivity index (χ3v) is 3.88. The number of carbonyl (C=O) groups is 1. The number of para-hydroxylation sites is 2. The van der Waals surface area contributed by atoms with Gasteiger partial charge in [0.1, 0.15) is 11.5 Å². The zero-order valence-electron chi connectivity index (χ0n) is 12.0. The van der Waals surface area contributed by atoms with Crippen LogP contribution < -0.4 is 4.90 Å². The van der Waals surface area contributed by atoms with Gasteiger partial charge in [-0.1, -0.05) is 12.1 Å². The third-order valence-electron chi connectivity index (χ3n) is 3.88. The standard InChI is InChI=1S/C16H18N2O3/c1-12-13(6-11-21-12)16(20)18-9-7-17(8-10-18)14-4-2-3-5-15(14)19/h2-6,11,19H,7-10H2,1H3. The molecule has 1 aromatic carbocycles. The van der Waals surface area contributed by atoms with Crippen molar-refractivity contribution in [3.8, 4) is 5.75 Å². The number of amides is 1. The summed E-state index contributed by atoms with van der Waals surface area (Å²) in [5.41, 5.74) is 1.45. The van der Waals surface area contributed by atoms with Gasteiger partial charge in [-0.25, -0.2) is 0 Å². The molecule has 1 saturated heterocycles. The van der Waals surface area contributed by atoms with E-state index in [1.807, 2.05) is 17.0 Å². The lowest BCUT2D eigenvalue weighted by Crippen LogP contribution is -2.48. The molecule has 1 fully saturated rings. The molecule has 0 bridgehead atoms. The van der Waals surface area contributed by atoms with Crippen molar-refractivity contribution >= 4 is 11.6 Å². The lowest BCUT2D eigenvalue weighted by Gasteiger charge is -2.36. The number of benzene rings is 1. The van der Waals surface area contributed by atoms with Gasteiger partial charge < -0.3 is 19.3 Å². The summed E-state index contributed by atoms with van der Waals surface area (Å²) in [6, 6.07) is 9.00. The van der Waals surface area contributed by atoms with Gasteiger partial charge in [-0.05, 0) is 25.1 Å². The Labute approximate surface area is 123 Å². The van der Waals surface area contributed by atoms with Crippen LogP contribution >= 0.6 is 0 Å². The molecule has 5 nitrogen and oxygen atoms in total. The molecule has 1 aliphatic heterocycles. The minimum atomic E-state index is 0.0122. The zero-order chi connectivity index (χ0) is 14.8. The quantitative estimate of drug-likeness (QED) is 0.920. The molecule has 1 aliphatic rings. The van der Waals surface area contributed by atoms with Crippen LogP contribution in [0.3, 0.4) is 0 Å². The SMILES string of the molecule is Cc1occc1C(=O)N1CCN(c2ccccc2O)CC1. The maximum absolute atomic E-state index is 12.4. The number of nitrogens with zero attached hydrogens (tertiary/aromatic N) is 2. The highest BCUT2D eigenvalue weighted by Gasteiger charge is 2.24. The van der Waals surface area contributed by atoms with E-state index in [0.29, 0.717) is 37.5 Å². The molecule has 21 heavy (non-hydrogen) atoms. The maximum Gasteiger partial charge on any atom is 0.257 e. The fourth-order valence-corrected chi connectivity index (χ4v) is 2.66. The normalized spacial score (nSPS) is 15.3. The molecule has 110 valence electrons. The minimum Gasteiger partial charge on any atom is -0.506 e. The Morgan fingerprint density at radius 1 is 1.14 bits per heavy atom. The van der Waals surface area contributed by atoms with E-state index in [4.69, 9.17) is 4.42 Å². The van der Waals surface area contributed by atoms with Crippen molar-refractivity contribution in [3.05, 3.63) is 47.9 Å². The predicted molar refractivity (Wildman–Crippen MR) is 79.7 cm³/mol. The van der Waals surface area contributed by atoms with Gasteiger partial charge in [-0.3, -0.25) is 4.79 Å². The fourth-order valence-electron chi connectivity index (χ4n) is 2.66. The maximum atomic E-state index is 12.4. The van der Waals surface area contributed by atoms with Crippen LogP contribution in [0.2, 0.25) is 0 Å². The van der Waals surface area contributed by atoms with Gasteiger partial charge in [-0.15, -0.1) is 0 Å². The molecule has 1 N–H and O–H groups in total. The van der Waals surface area contributed by atoms with Crippen LogP contribution in [0.15, 0.2) is 41.0 Å². The first kappa shape index (κ1) is 13.5. The molecule has 0 saturated carbocycles. The Morgan fingerprint density at radius 2 is 1.86 bits per heavy atom. The van der Waals surface area contributed by atoms with Gasteiger partial charge in [0, 0.05) is 26.2 Å². The number of aryl methyl sites for hydroxylation is 1. The third kappa shape index (κ3) is 2.59. The van der Waals surface area contributed by atoms with Crippen molar-refractivity contribution in [1.82, 2.24) is 4.90 Å². The monoisotopic (exact) mass is 286 g/mol. The van der Waals surface area contributed by atoms with Crippen molar-refractivity contribution in [2.45, 2.75) is 6.92 Å². The average Bonchev–Trinajstić information content (AvgIpc) is 2.93. The van der Waals surface area contributed by atoms with Crippen molar-refractivity contribution < 1.29 is 14.3 Å². The summed E-state index contributed by atoms with van der Waals surface area (Å²) >= 11 is 0. The number of furan rings is 1. The number of rotatable bonds is 2. The van der Waals surface area contributed by atoms with Crippen LogP contribution in [0.25, 0.3) is 0 Å². The van der Waals surface area contributed by atoms with Crippen LogP contribution in [0.4, 0.5) is 5.69 Å². The smallest absolute Gasteiger partial charge is 0.257 e. The van der Waals surface area contributed by atoms with Crippen LogP contribution in [-0.4, -0.2) is 42.1 Å². The number of anilines is 1. The molecule has 0 atom stereocenters. The number of piperazine rings is 1. The van der Waals surface area contributed by atoms with Crippen molar-refractivity contribution in [2.75, 3.05) is 31.1 Å². The van der Waals surface area contributed by atoms with E-state index in [1.165, 1.54) is 0 Å². The van der Waals surface area contributed by atoms with Crippen molar-refractivity contribution in [2.24, 2.45) is 0 Å². The van der Waals surface area contributed by atoms with Crippen molar-refractivity contribution in [3.63, 3.8) is 0 Å². The average molecular weight is 286 g/mol. The van der Waals surface area contributed by atoms with Gasteiger partial charge in [0.15, 0.2) is 0 Å². The molecule has 3 rings (SSSR count). The Kier molecular flexibility index (Phi) is 3.56. The van der Waals surface area contributed by atoms with Crippen LogP contribution in [0, 0.1) is 6.92 Å². The Morgan fingerprint density at radius 3 is 2.48 bits per heavy atom. The summed E-state index contributed by atoms with van der Waals surface area (Å²) in [6.07, 6.45) is 1.54. The number of phenols is 1. The van der Waals surface area contributed by atoms with Gasteiger partial charge in [0.25, 0.3) is 5.91 Å². The van der Waals surface area contributed by atoms with Gasteiger partial charge in [0.2, 0.25) is 0 Å². The molecule has 0 spiro atoms. The van der Waals surface area contributed by atoms with E-state index < -0.39 is 0 Å². The number of phenolic OH excluding ortho intramolecular Hbond substituents is 1. The van der Waals surface area contributed by atoms with Crippen molar-refractivity contribution in [1.29, 1.82) is 0 Å². The van der Waals surface area contributed by atoms with E-state index in [0.717, 1.165) is 5.69 Å². The summed E-state index contributed by atoms with van der Waals surface area (Å²) in [4.78, 5) is 16.3. The number of hydrogen-bond acceptors (Lipinski definition) is 4. The van der Waals surface area contributed by atoms with E-state index >= 15 is 0 Å². The van der Waals surface area contributed by atoms with Crippen LogP contribution in [-0.2, 0) is 0 Å². The first-order valence-corrected chi connectivity index (χ1v) is 7.03. The van der Waals surface area contributed by atoms with Gasteiger partial charge in [-0.2, -0.15) is 0 Å². The molecule has 0 unspecified atom stereocenters. The highest BCUT2D eigenvalue weighted by atomic mass is 16.3. The van der Waals surface area contributed by atoms with E-state index in [2.05, 4.69) is 4.90 Å². The molecule has 5 heteroatoms. The Bertz CT molecular complexity index is 642. The minimum absolute atomic E-state index is 0.0122. The first-order valence-electron chi connectivity index (χ1n) is 7.03. The summed E-state index contributed by atoms with van der Waals surface area (Å²) in [7, 11) is 0. The largest absolute Gasteiger partial charge is 0.506 e. The van der Waals surface area contributed by atoms with Crippen LogP contribution in [0.5, 0.6) is 5.75 Å². The zero-order valence-corrected chi connectivity index (χ0v) is 12.0. The highest BCUT2D eigenvalue weighted by Crippen LogP contribution is 2.27. The second-order valence-electron chi connectivity index (χ2n) is 5.16. The fraction of sp³-hybridized carbons (Fsp3) is 0.312. The molecular weight excluding hydrogens is 268 g/mol. The lowest BCUT2D eigenvalue weighted by atomic mass is 10.2. The summed E-state index contributed by atoms with van der Waals surface area (Å²) in [6.45, 7) is 4.49. The van der Waals surface area contributed by atoms with Gasteiger partial charge in [0.05, 0.1) is 17.5 Å². The molecule has 1 aromatic heterocycles. The molecule has 0 aliphatic carbocycles. The van der Waals surface area contributed by atoms with Gasteiger partial charge >= 0.3 is 0 Å². The predicted octanol–water partition coefficient (Wildman–Crippen LogP) is 2.26. The summed E-state index contributed by atoms with van der Waals surface area (Å²) < 4.78 is 5.19. The number of carbonyl (C=O) groups excluding carboxylic acids is 1. The highest BCUT2D eigenvalue weighted by molar-refractivity contribution is 5.95.